The molecule has 176 valence electrons. The van der Waals surface area contributed by atoms with Crippen molar-refractivity contribution >= 4 is 30.1 Å². The van der Waals surface area contributed by atoms with Gasteiger partial charge in [0.25, 0.3) is 0 Å². The van der Waals surface area contributed by atoms with Gasteiger partial charge in [0.15, 0.2) is 0 Å². The summed E-state index contributed by atoms with van der Waals surface area (Å²) in [5.74, 6) is 1.17. The number of ether oxygens (including phenoxy) is 1. The Kier molecular flexibility index (Phi) is 12.6. The second-order valence-corrected chi connectivity index (χ2v) is 25.2. The van der Waals surface area contributed by atoms with Crippen LogP contribution < -0.4 is 0 Å². The van der Waals surface area contributed by atoms with Crippen molar-refractivity contribution in [2.24, 2.45) is 11.8 Å². The Hall–Kier alpha value is 0.0687. The molecule has 1 fully saturated rings. The van der Waals surface area contributed by atoms with E-state index in [0.29, 0.717) is 11.8 Å². The summed E-state index contributed by atoms with van der Waals surface area (Å²) in [5, 5.41) is 0. The molecule has 1 heterocycles. The van der Waals surface area contributed by atoms with E-state index >= 15 is 0 Å². The second kappa shape index (κ2) is 14.4. The van der Waals surface area contributed by atoms with Gasteiger partial charge in [-0.25, -0.2) is 0 Å². The molecule has 1 nitrogen and oxygen atoms in total. The fraction of sp³-hybridized carbons (Fsp3) is 0.714. The monoisotopic (exact) mass is 552 g/mol. The van der Waals surface area contributed by atoms with Gasteiger partial charge < -0.3 is 0 Å². The maximum atomic E-state index is 6.83. The minimum absolute atomic E-state index is 0.242. The third kappa shape index (κ3) is 8.74. The molecule has 2 rings (SSSR count). The maximum absolute atomic E-state index is 6.83. The Balaban J connectivity index is 2.13. The van der Waals surface area contributed by atoms with E-state index in [9.17, 15) is 0 Å². The Labute approximate surface area is 202 Å². The molecule has 1 aliphatic rings. The van der Waals surface area contributed by atoms with Gasteiger partial charge in [0, 0.05) is 0 Å². The van der Waals surface area contributed by atoms with Crippen LogP contribution in [0, 0.1) is 11.8 Å². The van der Waals surface area contributed by atoms with Crippen molar-refractivity contribution in [3.63, 3.8) is 0 Å². The van der Waals surface area contributed by atoms with Gasteiger partial charge in [-0.2, -0.15) is 0 Å². The van der Waals surface area contributed by atoms with Crippen molar-refractivity contribution < 1.29 is 4.74 Å². The zero-order valence-electron chi connectivity index (χ0n) is 21.0. The molecule has 1 aromatic carbocycles. The van der Waals surface area contributed by atoms with Gasteiger partial charge >= 0.3 is 203 Å². The van der Waals surface area contributed by atoms with Crippen LogP contribution in [-0.4, -0.2) is 29.9 Å². The van der Waals surface area contributed by atoms with Crippen LogP contribution in [0.2, 0.25) is 17.7 Å². The van der Waals surface area contributed by atoms with E-state index in [0.717, 1.165) is 0 Å². The summed E-state index contributed by atoms with van der Waals surface area (Å²) in [6.07, 6.45) is 9.81. The van der Waals surface area contributed by atoms with Crippen LogP contribution >= 0.6 is 11.8 Å². The molecule has 1 saturated heterocycles. The van der Waals surface area contributed by atoms with Crippen LogP contribution in [0.3, 0.4) is 0 Å². The first-order valence-electron chi connectivity index (χ1n) is 13.0. The van der Waals surface area contributed by atoms with Gasteiger partial charge in [-0.3, -0.25) is 0 Å². The predicted octanol–water partition coefficient (Wildman–Crippen LogP) is 9.57. The molecule has 0 amide bonds. The molecule has 0 radical (unpaired) electrons. The molecule has 1 aliphatic heterocycles. The van der Waals surface area contributed by atoms with E-state index in [1.807, 2.05) is 11.8 Å². The van der Waals surface area contributed by atoms with Crippen LogP contribution in [0.5, 0.6) is 0 Å². The molecule has 3 heteroatoms. The third-order valence-corrected chi connectivity index (χ3v) is 24.1. The first-order valence-corrected chi connectivity index (χ1v) is 21.9. The molecule has 0 spiro atoms. The summed E-state index contributed by atoms with van der Waals surface area (Å²) in [6.45, 7) is 16.6. The Bertz CT molecular complexity index is 609. The van der Waals surface area contributed by atoms with Crippen molar-refractivity contribution in [3.8, 4) is 0 Å². The molecular formula is C28H48OSSn. The van der Waals surface area contributed by atoms with E-state index in [-0.39, 0.29) is 11.5 Å². The summed E-state index contributed by atoms with van der Waals surface area (Å²) in [4.78, 5) is 1.32. The van der Waals surface area contributed by atoms with Gasteiger partial charge in [-0.1, -0.05) is 0 Å². The van der Waals surface area contributed by atoms with Crippen LogP contribution in [-0.2, 0) is 4.74 Å². The van der Waals surface area contributed by atoms with E-state index in [4.69, 9.17) is 11.3 Å². The first-order chi connectivity index (χ1) is 14.9. The molecule has 0 aliphatic carbocycles. The summed E-state index contributed by atoms with van der Waals surface area (Å²) in [6, 6.07) is 10.8. The number of hydrogen-bond acceptors (Lipinski definition) is 2. The molecule has 0 N–H and O–H groups in total. The van der Waals surface area contributed by atoms with Crippen molar-refractivity contribution in [3.05, 3.63) is 42.5 Å². The Morgan fingerprint density at radius 2 is 1.48 bits per heavy atom. The summed E-state index contributed by atoms with van der Waals surface area (Å²) in [7, 11) is 0. The van der Waals surface area contributed by atoms with Crippen molar-refractivity contribution in [2.45, 2.75) is 114 Å². The molecular weight excluding hydrogens is 503 g/mol. The molecule has 0 aromatic heterocycles. The average Bonchev–Trinajstić information content (AvgIpc) is 2.77. The van der Waals surface area contributed by atoms with Crippen LogP contribution in [0.15, 0.2) is 47.4 Å². The molecule has 4 atom stereocenters. The van der Waals surface area contributed by atoms with Gasteiger partial charge in [0.2, 0.25) is 0 Å². The van der Waals surface area contributed by atoms with Crippen molar-refractivity contribution in [1.29, 1.82) is 0 Å². The van der Waals surface area contributed by atoms with E-state index in [2.05, 4.69) is 65.0 Å². The molecule has 1 aromatic rings. The van der Waals surface area contributed by atoms with E-state index in [1.165, 1.54) is 59.9 Å². The summed E-state index contributed by atoms with van der Waals surface area (Å²) < 4.78 is 12.9. The summed E-state index contributed by atoms with van der Waals surface area (Å²) >= 11 is -0.326. The number of thioether (sulfide) groups is 1. The quantitative estimate of drug-likeness (QED) is 0.168. The van der Waals surface area contributed by atoms with Crippen LogP contribution in [0.1, 0.15) is 79.6 Å². The standard InChI is InChI=1S/C16H21OS.3C4H9.Sn/c1-11(2)15-12(3)10-13(4)16(17-15)18-14-8-6-5-7-9-14;3*1-3-4-2;/h5-9,12-13,15-16H,1-2,10H2,3-4H3;3*1,3-4H2,2H3;/t12-,13+,15+,16-;;;;/m0..../s1. The zero-order chi connectivity index (χ0) is 22.7. The molecule has 0 unspecified atom stereocenters. The SMILES string of the molecule is C=C([CH2][Sn]([CH2]CCC)([CH2]CCC)[CH2]CCC)[C@H]1O[C@@H](Sc2ccccc2)[C@H](C)C[C@@H]1C. The number of hydrogen-bond donors (Lipinski definition) is 0. The normalized spacial score (nSPS) is 24.3. The van der Waals surface area contributed by atoms with Gasteiger partial charge in [0.05, 0.1) is 0 Å². The molecule has 0 saturated carbocycles. The number of rotatable bonds is 14. The zero-order valence-corrected chi connectivity index (χ0v) is 24.7. The summed E-state index contributed by atoms with van der Waals surface area (Å²) in [5.41, 5.74) is 1.70. The predicted molar refractivity (Wildman–Crippen MR) is 143 cm³/mol. The fourth-order valence-corrected chi connectivity index (χ4v) is 22.9. The van der Waals surface area contributed by atoms with Gasteiger partial charge in [-0.15, -0.1) is 0 Å². The topological polar surface area (TPSA) is 9.23 Å². The third-order valence-electron chi connectivity index (χ3n) is 7.19. The van der Waals surface area contributed by atoms with Crippen LogP contribution in [0.25, 0.3) is 0 Å². The van der Waals surface area contributed by atoms with Gasteiger partial charge in [-0.05, 0) is 0 Å². The molecule has 31 heavy (non-hydrogen) atoms. The number of benzene rings is 1. The van der Waals surface area contributed by atoms with E-state index in [1.54, 1.807) is 13.3 Å². The minimum atomic E-state index is -2.23. The Morgan fingerprint density at radius 3 is 2.00 bits per heavy atom. The van der Waals surface area contributed by atoms with Crippen LogP contribution in [0.4, 0.5) is 0 Å². The van der Waals surface area contributed by atoms with Gasteiger partial charge in [0.1, 0.15) is 0 Å². The fourth-order valence-electron chi connectivity index (χ4n) is 5.39. The van der Waals surface area contributed by atoms with Crippen molar-refractivity contribution in [1.82, 2.24) is 0 Å². The second-order valence-electron chi connectivity index (χ2n) is 10.2. The molecule has 0 bridgehead atoms. The average molecular weight is 551 g/mol. The Morgan fingerprint density at radius 1 is 0.935 bits per heavy atom. The number of unbranched alkanes of at least 4 members (excludes halogenated alkanes) is 3. The van der Waals surface area contributed by atoms with E-state index < -0.39 is 18.4 Å². The van der Waals surface area contributed by atoms with Crippen molar-refractivity contribution in [2.75, 3.05) is 0 Å². The first kappa shape index (κ1) is 27.3.